The van der Waals surface area contributed by atoms with Crippen molar-refractivity contribution in [1.82, 2.24) is 26.0 Å². The molecule has 5 amide bonds. The van der Waals surface area contributed by atoms with Crippen LogP contribution in [0.1, 0.15) is 33.1 Å². The second kappa shape index (κ2) is 9.59. The van der Waals surface area contributed by atoms with Crippen LogP contribution in [0.4, 0.5) is 17.6 Å². The van der Waals surface area contributed by atoms with Gasteiger partial charge in [0, 0.05) is 13.1 Å². The van der Waals surface area contributed by atoms with Crippen molar-refractivity contribution in [3.8, 4) is 0 Å². The van der Waals surface area contributed by atoms with E-state index >= 15 is 0 Å². The Hall–Kier alpha value is -2.64. The van der Waals surface area contributed by atoms with E-state index < -0.39 is 59.4 Å². The second-order valence-electron chi connectivity index (χ2n) is 10.7. The largest absolute Gasteiger partial charge is 0.471 e. The van der Waals surface area contributed by atoms with Crippen molar-refractivity contribution in [1.29, 1.82) is 0 Å². The van der Waals surface area contributed by atoms with E-state index in [-0.39, 0.29) is 36.2 Å². The highest BCUT2D eigenvalue weighted by Crippen LogP contribution is 2.65. The molecule has 0 aromatic heterocycles. The summed E-state index contributed by atoms with van der Waals surface area (Å²) in [6, 6.07) is -2.64. The molecule has 0 radical (unpaired) electrons. The minimum atomic E-state index is -5.18. The molecule has 2 aliphatic heterocycles. The smallest absolute Gasteiger partial charge is 0.356 e. The van der Waals surface area contributed by atoms with Crippen LogP contribution in [0.5, 0.6) is 0 Å². The van der Waals surface area contributed by atoms with Crippen molar-refractivity contribution in [3.63, 3.8) is 0 Å². The molecule has 15 heteroatoms. The summed E-state index contributed by atoms with van der Waals surface area (Å²) in [5, 5.41) is 4.95. The Morgan fingerprint density at radius 1 is 1.22 bits per heavy atom. The highest BCUT2D eigenvalue weighted by atomic mass is 35.5. The van der Waals surface area contributed by atoms with Crippen LogP contribution < -0.4 is 16.1 Å². The summed E-state index contributed by atoms with van der Waals surface area (Å²) in [5.74, 6) is -7.33. The van der Waals surface area contributed by atoms with Gasteiger partial charge in [-0.25, -0.2) is 9.40 Å². The third-order valence-corrected chi connectivity index (χ3v) is 8.11. The number of carbonyl (C=O) groups is 5. The fourth-order valence-electron chi connectivity index (χ4n) is 5.57. The maximum absolute atomic E-state index is 13.7. The molecule has 0 spiro atoms. The number of fused-ring (bicyclic) bond motifs is 1. The van der Waals surface area contributed by atoms with E-state index in [4.69, 9.17) is 11.6 Å². The average Bonchev–Trinajstić information content (AvgIpc) is 3.60. The Balaban J connectivity index is 1.54. The number of piperidine rings is 1. The lowest BCUT2D eigenvalue weighted by Crippen LogP contribution is -2.60. The van der Waals surface area contributed by atoms with Gasteiger partial charge < -0.3 is 15.5 Å². The van der Waals surface area contributed by atoms with Gasteiger partial charge in [-0.15, -0.1) is 0 Å². The van der Waals surface area contributed by atoms with Crippen LogP contribution >= 0.6 is 11.6 Å². The number of hydrogen-bond donors (Lipinski definition) is 3. The zero-order valence-electron chi connectivity index (χ0n) is 20.1. The minimum Gasteiger partial charge on any atom is -0.356 e. The lowest BCUT2D eigenvalue weighted by molar-refractivity contribution is -0.175. The van der Waals surface area contributed by atoms with Crippen LogP contribution in [0.2, 0.25) is 0 Å². The summed E-state index contributed by atoms with van der Waals surface area (Å²) in [7, 11) is 0. The molecule has 4 rings (SSSR count). The fourth-order valence-corrected chi connectivity index (χ4v) is 5.69. The van der Waals surface area contributed by atoms with Gasteiger partial charge in [0.25, 0.3) is 17.4 Å². The number of nitrogens with one attached hydrogen (secondary N) is 3. The molecular weight excluding hydrogens is 526 g/mol. The first-order chi connectivity index (χ1) is 17.1. The van der Waals surface area contributed by atoms with Gasteiger partial charge in [-0.3, -0.25) is 29.4 Å². The van der Waals surface area contributed by atoms with E-state index in [1.807, 2.05) is 13.8 Å². The standard InChI is InChI=1S/C22H28ClF4N5O5/c1-21(2)11-8-31(18(35)13(9-3-4-9)29-20(37)22(25,26)27)14(12(11)21)17(34)30-32(19(36)15(23)24)7-10-5-6-28-16(10)33/h9-15H,3-8H2,1-2H3,(H,28,33)(H,29,37)(H,30,34)/t10-,11-,12-,13-,14-,15-/m0/s1. The first-order valence-electron chi connectivity index (χ1n) is 12.0. The van der Waals surface area contributed by atoms with Gasteiger partial charge in [0.15, 0.2) is 0 Å². The third kappa shape index (κ3) is 5.34. The van der Waals surface area contributed by atoms with Gasteiger partial charge in [-0.2, -0.15) is 13.2 Å². The van der Waals surface area contributed by atoms with Gasteiger partial charge in [-0.05, 0) is 42.4 Å². The van der Waals surface area contributed by atoms with E-state index in [9.17, 15) is 41.5 Å². The molecule has 3 N–H and O–H groups in total. The predicted octanol–water partition coefficient (Wildman–Crippen LogP) is 0.457. The Morgan fingerprint density at radius 3 is 2.38 bits per heavy atom. The Labute approximate surface area is 214 Å². The molecule has 2 saturated heterocycles. The van der Waals surface area contributed by atoms with Crippen LogP contribution in [-0.4, -0.2) is 83.0 Å². The molecule has 2 heterocycles. The predicted molar refractivity (Wildman–Crippen MR) is 119 cm³/mol. The molecule has 2 saturated carbocycles. The van der Waals surface area contributed by atoms with Gasteiger partial charge in [0.2, 0.25) is 11.8 Å². The monoisotopic (exact) mass is 553 g/mol. The van der Waals surface area contributed by atoms with Crippen molar-refractivity contribution in [2.24, 2.45) is 29.1 Å². The SMILES string of the molecule is CC1(C)[C@@H]2[C@@H](C(=O)NN(C[C@@H]3CCNC3=O)C(=O)[C@H](F)Cl)N(C(=O)[C@@H](NC(=O)C(F)(F)F)C3CC3)C[C@@H]21. The number of nitrogens with zero attached hydrogens (tertiary/aromatic N) is 2. The van der Waals surface area contributed by atoms with Gasteiger partial charge in [-0.1, -0.05) is 25.4 Å². The van der Waals surface area contributed by atoms with Gasteiger partial charge in [0.05, 0.1) is 12.5 Å². The lowest BCUT2D eigenvalue weighted by Gasteiger charge is -2.35. The van der Waals surface area contributed by atoms with E-state index in [1.165, 1.54) is 0 Å². The molecule has 4 fully saturated rings. The molecule has 0 unspecified atom stereocenters. The first-order valence-corrected chi connectivity index (χ1v) is 12.4. The summed E-state index contributed by atoms with van der Waals surface area (Å²) >= 11 is 5.31. The maximum Gasteiger partial charge on any atom is 0.471 e. The Kier molecular flexibility index (Phi) is 7.10. The number of amides is 5. The zero-order valence-corrected chi connectivity index (χ0v) is 20.9. The molecule has 6 atom stereocenters. The van der Waals surface area contributed by atoms with Crippen LogP contribution in [-0.2, 0) is 24.0 Å². The van der Waals surface area contributed by atoms with Crippen LogP contribution in [0.15, 0.2) is 0 Å². The van der Waals surface area contributed by atoms with Gasteiger partial charge in [0.1, 0.15) is 12.1 Å². The quantitative estimate of drug-likeness (QED) is 0.240. The second-order valence-corrected chi connectivity index (χ2v) is 11.1. The Bertz CT molecular complexity index is 1000. The third-order valence-electron chi connectivity index (χ3n) is 7.93. The molecular formula is C22H28ClF4N5O5. The molecule has 10 nitrogen and oxygen atoms in total. The number of halogens is 5. The average molecular weight is 554 g/mol. The van der Waals surface area contributed by atoms with E-state index in [0.29, 0.717) is 30.8 Å². The number of rotatable bonds is 7. The molecule has 4 aliphatic rings. The summed E-state index contributed by atoms with van der Waals surface area (Å²) in [5.41, 5.74) is -0.588. The van der Waals surface area contributed by atoms with E-state index in [1.54, 1.807) is 5.32 Å². The normalized spacial score (nSPS) is 29.6. The molecule has 37 heavy (non-hydrogen) atoms. The molecule has 0 bridgehead atoms. The molecule has 0 aromatic rings. The topological polar surface area (TPSA) is 128 Å². The number of likely N-dealkylation sites (tertiary alicyclic amines) is 1. The fraction of sp³-hybridized carbons (Fsp3) is 0.773. The Morgan fingerprint density at radius 2 is 1.86 bits per heavy atom. The van der Waals surface area contributed by atoms with E-state index in [2.05, 4.69) is 10.7 Å². The van der Waals surface area contributed by atoms with Crippen molar-refractivity contribution < 1.29 is 41.5 Å². The van der Waals surface area contributed by atoms with Crippen molar-refractivity contribution in [2.45, 2.75) is 57.0 Å². The van der Waals surface area contributed by atoms with E-state index in [0.717, 1.165) is 4.90 Å². The van der Waals surface area contributed by atoms with Crippen molar-refractivity contribution >= 4 is 41.1 Å². The van der Waals surface area contributed by atoms with Crippen molar-refractivity contribution in [2.75, 3.05) is 19.6 Å². The highest BCUT2D eigenvalue weighted by Gasteiger charge is 2.70. The first kappa shape index (κ1) is 27.4. The number of alkyl halides is 5. The maximum atomic E-state index is 13.7. The number of hydrogen-bond acceptors (Lipinski definition) is 5. The zero-order chi connectivity index (χ0) is 27.4. The van der Waals surface area contributed by atoms with Gasteiger partial charge >= 0.3 is 12.1 Å². The minimum absolute atomic E-state index is 0.0694. The number of hydrazine groups is 1. The summed E-state index contributed by atoms with van der Waals surface area (Å²) in [6.45, 7) is 3.80. The summed E-state index contributed by atoms with van der Waals surface area (Å²) in [4.78, 5) is 63.9. The molecule has 2 aliphatic carbocycles. The molecule has 0 aromatic carbocycles. The summed E-state index contributed by atoms with van der Waals surface area (Å²) in [6.07, 6.45) is -3.96. The lowest BCUT2D eigenvalue weighted by atomic mass is 9.99. The number of carbonyl (C=O) groups excluding carboxylic acids is 5. The van der Waals surface area contributed by atoms with Crippen LogP contribution in [0, 0.1) is 29.1 Å². The van der Waals surface area contributed by atoms with Crippen LogP contribution in [0.3, 0.4) is 0 Å². The highest BCUT2D eigenvalue weighted by molar-refractivity contribution is 6.29. The molecule has 206 valence electrons. The van der Waals surface area contributed by atoms with Crippen molar-refractivity contribution in [3.05, 3.63) is 0 Å². The van der Waals surface area contributed by atoms with Crippen LogP contribution in [0.25, 0.3) is 0 Å². The summed E-state index contributed by atoms with van der Waals surface area (Å²) < 4.78 is 52.3.